The lowest BCUT2D eigenvalue weighted by Gasteiger charge is -2.30. The Morgan fingerprint density at radius 3 is 2.27 bits per heavy atom. The molecule has 160 valence electrons. The summed E-state index contributed by atoms with van der Waals surface area (Å²) in [6.45, 7) is 4.41. The van der Waals surface area contributed by atoms with Gasteiger partial charge in [0.15, 0.2) is 0 Å². The van der Waals surface area contributed by atoms with E-state index in [1.54, 1.807) is 36.4 Å². The summed E-state index contributed by atoms with van der Waals surface area (Å²) in [5, 5.41) is 5.75. The van der Waals surface area contributed by atoms with Crippen LogP contribution in [0.2, 0.25) is 0 Å². The maximum Gasteiger partial charge on any atom is 0.255 e. The molecule has 1 atom stereocenters. The van der Waals surface area contributed by atoms with Crippen molar-refractivity contribution in [1.82, 2.24) is 4.90 Å². The number of benzene rings is 2. The van der Waals surface area contributed by atoms with Crippen LogP contribution in [0.3, 0.4) is 0 Å². The van der Waals surface area contributed by atoms with Gasteiger partial charge in [-0.15, -0.1) is 0 Å². The van der Waals surface area contributed by atoms with Crippen LogP contribution in [0.15, 0.2) is 42.5 Å². The Hall–Kier alpha value is -3.06. The van der Waals surface area contributed by atoms with Crippen LogP contribution in [-0.2, 0) is 4.79 Å². The number of methoxy groups -OCH3 is 2. The lowest BCUT2D eigenvalue weighted by Crippen LogP contribution is -2.39. The first kappa shape index (κ1) is 21.6. The maximum atomic E-state index is 12.6. The Balaban J connectivity index is 1.74. The van der Waals surface area contributed by atoms with Crippen molar-refractivity contribution in [2.24, 2.45) is 5.92 Å². The van der Waals surface area contributed by atoms with Crippen LogP contribution in [0.4, 0.5) is 11.4 Å². The number of carbonyl (C=O) groups excluding carboxylic acids is 2. The molecule has 1 aliphatic heterocycles. The fourth-order valence-electron chi connectivity index (χ4n) is 3.70. The smallest absolute Gasteiger partial charge is 0.255 e. The molecule has 2 aromatic carbocycles. The van der Waals surface area contributed by atoms with E-state index in [2.05, 4.69) is 22.5 Å². The van der Waals surface area contributed by atoms with Crippen LogP contribution in [-0.4, -0.2) is 50.6 Å². The summed E-state index contributed by atoms with van der Waals surface area (Å²) in [6.07, 6.45) is 2.32. The summed E-state index contributed by atoms with van der Waals surface area (Å²) in [4.78, 5) is 27.3. The molecule has 0 aromatic heterocycles. The molecule has 0 spiro atoms. The molecule has 1 fully saturated rings. The predicted molar refractivity (Wildman–Crippen MR) is 117 cm³/mol. The van der Waals surface area contributed by atoms with Gasteiger partial charge in [-0.05, 0) is 37.4 Å². The first-order valence-corrected chi connectivity index (χ1v) is 10.1. The Kier molecular flexibility index (Phi) is 7.30. The Morgan fingerprint density at radius 2 is 1.67 bits per heavy atom. The first-order chi connectivity index (χ1) is 14.5. The molecule has 0 unspecified atom stereocenters. The molecule has 2 aromatic rings. The summed E-state index contributed by atoms with van der Waals surface area (Å²) in [6, 6.07) is 12.2. The van der Waals surface area contributed by atoms with Crippen molar-refractivity contribution in [3.05, 3.63) is 48.0 Å². The minimum atomic E-state index is -0.257. The van der Waals surface area contributed by atoms with E-state index >= 15 is 0 Å². The van der Waals surface area contributed by atoms with E-state index in [1.807, 2.05) is 6.07 Å². The minimum Gasteiger partial charge on any atom is -0.494 e. The number of nitrogens with one attached hydrogen (secondary N) is 2. The highest BCUT2D eigenvalue weighted by atomic mass is 16.5. The lowest BCUT2D eigenvalue weighted by atomic mass is 10.0. The SMILES string of the molecule is COc1cc(NC(=O)c2ccccc2)c(OC)cc1NC(=O)CN1CCC[C@@H](C)C1. The predicted octanol–water partition coefficient (Wildman–Crippen LogP) is 3.63. The molecule has 7 heteroatoms. The molecule has 30 heavy (non-hydrogen) atoms. The monoisotopic (exact) mass is 411 g/mol. The van der Waals surface area contributed by atoms with E-state index in [4.69, 9.17) is 9.47 Å². The van der Waals surface area contributed by atoms with Gasteiger partial charge in [-0.1, -0.05) is 25.1 Å². The number of rotatable bonds is 7. The normalized spacial score (nSPS) is 16.6. The molecule has 7 nitrogen and oxygen atoms in total. The molecule has 1 heterocycles. The molecular weight excluding hydrogens is 382 g/mol. The number of likely N-dealkylation sites (tertiary alicyclic amines) is 1. The molecule has 2 N–H and O–H groups in total. The van der Waals surface area contributed by atoms with Crippen LogP contribution < -0.4 is 20.1 Å². The molecule has 3 rings (SSSR count). The summed E-state index contributed by atoms with van der Waals surface area (Å²) in [5.74, 6) is 1.12. The topological polar surface area (TPSA) is 79.9 Å². The molecule has 1 saturated heterocycles. The van der Waals surface area contributed by atoms with Crippen LogP contribution in [0.25, 0.3) is 0 Å². The van der Waals surface area contributed by atoms with Gasteiger partial charge in [0, 0.05) is 24.2 Å². The molecule has 0 radical (unpaired) electrons. The summed E-state index contributed by atoms with van der Waals surface area (Å²) >= 11 is 0. The van der Waals surface area contributed by atoms with Crippen molar-refractivity contribution < 1.29 is 19.1 Å². The fraction of sp³-hybridized carbons (Fsp3) is 0.391. The third-order valence-electron chi connectivity index (χ3n) is 5.19. The van der Waals surface area contributed by atoms with Crippen molar-refractivity contribution in [3.8, 4) is 11.5 Å². The van der Waals surface area contributed by atoms with Gasteiger partial charge in [0.2, 0.25) is 5.91 Å². The van der Waals surface area contributed by atoms with E-state index in [0.717, 1.165) is 19.5 Å². The van der Waals surface area contributed by atoms with Gasteiger partial charge >= 0.3 is 0 Å². The zero-order valence-corrected chi connectivity index (χ0v) is 17.7. The number of nitrogens with zero attached hydrogens (tertiary/aromatic N) is 1. The number of anilines is 2. The first-order valence-electron chi connectivity index (χ1n) is 10.1. The summed E-state index contributed by atoms with van der Waals surface area (Å²) in [7, 11) is 3.04. The second-order valence-electron chi connectivity index (χ2n) is 7.60. The fourth-order valence-corrected chi connectivity index (χ4v) is 3.70. The molecule has 1 aliphatic rings. The van der Waals surface area contributed by atoms with E-state index in [9.17, 15) is 9.59 Å². The van der Waals surface area contributed by atoms with Crippen LogP contribution in [0.1, 0.15) is 30.1 Å². The van der Waals surface area contributed by atoms with Gasteiger partial charge in [0.1, 0.15) is 11.5 Å². The summed E-state index contributed by atoms with van der Waals surface area (Å²) < 4.78 is 10.9. The van der Waals surface area contributed by atoms with Crippen molar-refractivity contribution in [3.63, 3.8) is 0 Å². The van der Waals surface area contributed by atoms with E-state index in [1.165, 1.54) is 20.6 Å². The molecule has 0 bridgehead atoms. The second-order valence-corrected chi connectivity index (χ2v) is 7.60. The van der Waals surface area contributed by atoms with Crippen molar-refractivity contribution in [2.45, 2.75) is 19.8 Å². The maximum absolute atomic E-state index is 12.6. The Labute approximate surface area is 177 Å². The summed E-state index contributed by atoms with van der Waals surface area (Å²) in [5.41, 5.74) is 1.50. The lowest BCUT2D eigenvalue weighted by molar-refractivity contribution is -0.117. The van der Waals surface area contributed by atoms with Gasteiger partial charge < -0.3 is 20.1 Å². The number of hydrogen-bond acceptors (Lipinski definition) is 5. The average molecular weight is 412 g/mol. The van der Waals surface area contributed by atoms with Crippen LogP contribution in [0.5, 0.6) is 11.5 Å². The van der Waals surface area contributed by atoms with Crippen molar-refractivity contribution in [2.75, 3.05) is 44.5 Å². The standard InChI is InChI=1S/C23H29N3O4/c1-16-8-7-11-26(14-16)15-22(27)24-18-12-21(30-3)19(13-20(18)29-2)25-23(28)17-9-5-4-6-10-17/h4-6,9-10,12-13,16H,7-8,11,14-15H2,1-3H3,(H,24,27)(H,25,28)/t16-/m1/s1. The van der Waals surface area contributed by atoms with Gasteiger partial charge in [0.25, 0.3) is 5.91 Å². The molecular formula is C23H29N3O4. The van der Waals surface area contributed by atoms with Crippen LogP contribution >= 0.6 is 0 Å². The Morgan fingerprint density at radius 1 is 1.03 bits per heavy atom. The molecule has 0 saturated carbocycles. The molecule has 2 amide bonds. The van der Waals surface area contributed by atoms with Crippen molar-refractivity contribution in [1.29, 1.82) is 0 Å². The molecule has 0 aliphatic carbocycles. The number of carbonyl (C=O) groups is 2. The van der Waals surface area contributed by atoms with Gasteiger partial charge in [0.05, 0.1) is 32.1 Å². The van der Waals surface area contributed by atoms with E-state index in [-0.39, 0.29) is 11.8 Å². The highest BCUT2D eigenvalue weighted by Crippen LogP contribution is 2.36. The highest BCUT2D eigenvalue weighted by molar-refractivity contribution is 6.05. The zero-order valence-electron chi connectivity index (χ0n) is 17.7. The minimum absolute atomic E-state index is 0.106. The number of hydrogen-bond donors (Lipinski definition) is 2. The Bertz CT molecular complexity index is 886. The highest BCUT2D eigenvalue weighted by Gasteiger charge is 2.20. The van der Waals surface area contributed by atoms with Gasteiger partial charge in [-0.3, -0.25) is 14.5 Å². The number of piperidine rings is 1. The van der Waals surface area contributed by atoms with Gasteiger partial charge in [-0.25, -0.2) is 0 Å². The van der Waals surface area contributed by atoms with Crippen LogP contribution in [0, 0.1) is 5.92 Å². The number of amides is 2. The second kappa shape index (κ2) is 10.1. The zero-order chi connectivity index (χ0) is 21.5. The third kappa shape index (κ3) is 5.51. The van der Waals surface area contributed by atoms with Crippen molar-refractivity contribution >= 4 is 23.2 Å². The van der Waals surface area contributed by atoms with E-state index in [0.29, 0.717) is 40.9 Å². The van der Waals surface area contributed by atoms with Gasteiger partial charge in [-0.2, -0.15) is 0 Å². The quantitative estimate of drug-likeness (QED) is 0.727. The largest absolute Gasteiger partial charge is 0.494 e. The third-order valence-corrected chi connectivity index (χ3v) is 5.19. The van der Waals surface area contributed by atoms with E-state index < -0.39 is 0 Å². The average Bonchev–Trinajstić information content (AvgIpc) is 2.74. The number of ether oxygens (including phenoxy) is 2.